The molecule has 1 aliphatic heterocycles. The summed E-state index contributed by atoms with van der Waals surface area (Å²) < 4.78 is 10.0. The number of carbonyl (C=O) groups excluding carboxylic acids is 4. The highest BCUT2D eigenvalue weighted by molar-refractivity contribution is 6.06. The molecule has 0 unspecified atom stereocenters. The van der Waals surface area contributed by atoms with Gasteiger partial charge in [-0.05, 0) is 49.7 Å². The van der Waals surface area contributed by atoms with Crippen molar-refractivity contribution in [2.24, 2.45) is 0 Å². The SMILES string of the molecule is COC(=O)C1=C(C)NC(C)=C(C(=O)OC)C1c1ccccc1NC(=O)c1ccc(NC(C)=O)cc1. The van der Waals surface area contributed by atoms with E-state index >= 15 is 0 Å². The summed E-state index contributed by atoms with van der Waals surface area (Å²) in [6, 6.07) is 13.3. The highest BCUT2D eigenvalue weighted by Crippen LogP contribution is 2.42. The van der Waals surface area contributed by atoms with Crippen LogP contribution in [-0.2, 0) is 23.9 Å². The number of nitrogens with one attached hydrogen (secondary N) is 3. The average molecular weight is 478 g/mol. The van der Waals surface area contributed by atoms with Crippen LogP contribution in [0.4, 0.5) is 11.4 Å². The Morgan fingerprint density at radius 2 is 1.34 bits per heavy atom. The molecule has 9 heteroatoms. The molecule has 0 atom stereocenters. The maximum absolute atomic E-state index is 13.0. The molecule has 0 saturated heterocycles. The molecule has 0 aromatic heterocycles. The second-order valence-electron chi connectivity index (χ2n) is 7.92. The quantitative estimate of drug-likeness (QED) is 0.545. The predicted octanol–water partition coefficient (Wildman–Crippen LogP) is 3.48. The van der Waals surface area contributed by atoms with Gasteiger partial charge in [-0.25, -0.2) is 9.59 Å². The molecule has 2 aromatic carbocycles. The number of dihydropyridines is 1. The Labute approximate surface area is 203 Å². The van der Waals surface area contributed by atoms with Crippen LogP contribution in [0.3, 0.4) is 0 Å². The number of benzene rings is 2. The fraction of sp³-hybridized carbons (Fsp3) is 0.231. The lowest BCUT2D eigenvalue weighted by molar-refractivity contribution is -0.137. The third kappa shape index (κ3) is 5.40. The number of amides is 2. The first-order valence-corrected chi connectivity index (χ1v) is 10.8. The van der Waals surface area contributed by atoms with Crippen molar-refractivity contribution in [3.05, 3.63) is 82.2 Å². The molecule has 1 aliphatic rings. The largest absolute Gasteiger partial charge is 0.466 e. The molecule has 0 bridgehead atoms. The van der Waals surface area contributed by atoms with E-state index in [4.69, 9.17) is 9.47 Å². The molecule has 0 fully saturated rings. The molecule has 0 spiro atoms. The van der Waals surface area contributed by atoms with Crippen molar-refractivity contribution in [3.8, 4) is 0 Å². The van der Waals surface area contributed by atoms with Gasteiger partial charge >= 0.3 is 11.9 Å². The van der Waals surface area contributed by atoms with Crippen LogP contribution in [0.1, 0.15) is 42.6 Å². The molecule has 3 N–H and O–H groups in total. The Kier molecular flexibility index (Phi) is 7.70. The number of methoxy groups -OCH3 is 2. The molecule has 182 valence electrons. The van der Waals surface area contributed by atoms with Crippen LogP contribution in [-0.4, -0.2) is 38.0 Å². The lowest BCUT2D eigenvalue weighted by Crippen LogP contribution is -2.32. The predicted molar refractivity (Wildman–Crippen MR) is 130 cm³/mol. The second-order valence-corrected chi connectivity index (χ2v) is 7.92. The summed E-state index contributed by atoms with van der Waals surface area (Å²) in [5, 5.41) is 8.58. The van der Waals surface area contributed by atoms with E-state index in [1.54, 1.807) is 62.4 Å². The summed E-state index contributed by atoms with van der Waals surface area (Å²) in [4.78, 5) is 49.8. The number of esters is 2. The van der Waals surface area contributed by atoms with E-state index in [2.05, 4.69) is 16.0 Å². The zero-order valence-electron chi connectivity index (χ0n) is 20.1. The van der Waals surface area contributed by atoms with Gasteiger partial charge in [0, 0.05) is 35.3 Å². The third-order valence-corrected chi connectivity index (χ3v) is 5.56. The van der Waals surface area contributed by atoms with Crippen molar-refractivity contribution in [3.63, 3.8) is 0 Å². The first-order chi connectivity index (χ1) is 16.7. The van der Waals surface area contributed by atoms with Gasteiger partial charge in [0.15, 0.2) is 0 Å². The fourth-order valence-corrected chi connectivity index (χ4v) is 4.03. The normalized spacial score (nSPS) is 13.6. The number of para-hydroxylation sites is 1. The second kappa shape index (κ2) is 10.7. The monoisotopic (exact) mass is 477 g/mol. The van der Waals surface area contributed by atoms with Crippen LogP contribution in [0.2, 0.25) is 0 Å². The van der Waals surface area contributed by atoms with Gasteiger partial charge in [-0.15, -0.1) is 0 Å². The molecule has 1 heterocycles. The van der Waals surface area contributed by atoms with E-state index in [0.717, 1.165) is 0 Å². The first-order valence-electron chi connectivity index (χ1n) is 10.8. The molecule has 0 aliphatic carbocycles. The van der Waals surface area contributed by atoms with E-state index in [9.17, 15) is 19.2 Å². The van der Waals surface area contributed by atoms with E-state index in [1.165, 1.54) is 21.1 Å². The van der Waals surface area contributed by atoms with Crippen LogP contribution in [0.25, 0.3) is 0 Å². The van der Waals surface area contributed by atoms with E-state index in [-0.39, 0.29) is 17.1 Å². The molecule has 0 radical (unpaired) electrons. The maximum Gasteiger partial charge on any atom is 0.336 e. The van der Waals surface area contributed by atoms with E-state index in [0.29, 0.717) is 33.9 Å². The summed E-state index contributed by atoms with van der Waals surface area (Å²) in [7, 11) is 2.53. The molecule has 3 rings (SSSR count). The van der Waals surface area contributed by atoms with Crippen molar-refractivity contribution in [1.82, 2.24) is 5.32 Å². The fourth-order valence-electron chi connectivity index (χ4n) is 4.03. The van der Waals surface area contributed by atoms with Gasteiger partial charge in [0.1, 0.15) is 0 Å². The van der Waals surface area contributed by atoms with Gasteiger partial charge in [-0.1, -0.05) is 18.2 Å². The standard InChI is InChI=1S/C26H27N3O6/c1-14-21(25(32)34-4)23(22(15(2)27-14)26(33)35-5)19-8-6-7-9-20(19)29-24(31)17-10-12-18(13-11-17)28-16(3)30/h6-13,23,27H,1-5H3,(H,28,30)(H,29,31). The van der Waals surface area contributed by atoms with Crippen LogP contribution < -0.4 is 16.0 Å². The van der Waals surface area contributed by atoms with Crippen LogP contribution in [0.5, 0.6) is 0 Å². The lowest BCUT2D eigenvalue weighted by atomic mass is 9.79. The first kappa shape index (κ1) is 25.2. The number of hydrogen-bond donors (Lipinski definition) is 3. The molecule has 35 heavy (non-hydrogen) atoms. The van der Waals surface area contributed by atoms with Crippen molar-refractivity contribution in [2.45, 2.75) is 26.7 Å². The summed E-state index contributed by atoms with van der Waals surface area (Å²) in [6.45, 7) is 4.83. The number of anilines is 2. The van der Waals surface area contributed by atoms with Crippen LogP contribution in [0, 0.1) is 0 Å². The Bertz CT molecular complexity index is 1210. The Morgan fingerprint density at radius 1 is 0.800 bits per heavy atom. The summed E-state index contributed by atoms with van der Waals surface area (Å²) >= 11 is 0. The number of hydrogen-bond acceptors (Lipinski definition) is 7. The highest BCUT2D eigenvalue weighted by Gasteiger charge is 2.38. The zero-order valence-corrected chi connectivity index (χ0v) is 20.1. The van der Waals surface area contributed by atoms with Gasteiger partial charge in [0.25, 0.3) is 5.91 Å². The van der Waals surface area contributed by atoms with Gasteiger partial charge in [0.05, 0.1) is 31.3 Å². The van der Waals surface area contributed by atoms with Crippen molar-refractivity contribution in [2.75, 3.05) is 24.9 Å². The molecular weight excluding hydrogens is 450 g/mol. The topological polar surface area (TPSA) is 123 Å². The van der Waals surface area contributed by atoms with Crippen LogP contribution in [0.15, 0.2) is 71.1 Å². The highest BCUT2D eigenvalue weighted by atomic mass is 16.5. The Balaban J connectivity index is 2.05. The smallest absolute Gasteiger partial charge is 0.336 e. The molecule has 2 aromatic rings. The summed E-state index contributed by atoms with van der Waals surface area (Å²) in [5.41, 5.74) is 3.40. The van der Waals surface area contributed by atoms with Crippen molar-refractivity contribution < 1.29 is 28.7 Å². The lowest BCUT2D eigenvalue weighted by Gasteiger charge is -2.31. The minimum atomic E-state index is -0.838. The zero-order chi connectivity index (χ0) is 25.7. The van der Waals surface area contributed by atoms with Gasteiger partial charge in [-0.2, -0.15) is 0 Å². The Morgan fingerprint density at radius 3 is 1.86 bits per heavy atom. The van der Waals surface area contributed by atoms with Gasteiger partial charge in [0.2, 0.25) is 5.91 Å². The molecular formula is C26H27N3O6. The Hall–Kier alpha value is -4.40. The van der Waals surface area contributed by atoms with E-state index < -0.39 is 23.8 Å². The minimum absolute atomic E-state index is 0.215. The molecule has 0 saturated carbocycles. The number of rotatable bonds is 6. The third-order valence-electron chi connectivity index (χ3n) is 5.56. The van der Waals surface area contributed by atoms with Crippen molar-refractivity contribution >= 4 is 35.1 Å². The maximum atomic E-state index is 13.0. The van der Waals surface area contributed by atoms with E-state index in [1.807, 2.05) is 0 Å². The minimum Gasteiger partial charge on any atom is -0.466 e. The number of allylic oxidation sites excluding steroid dienone is 2. The van der Waals surface area contributed by atoms with Crippen LogP contribution >= 0.6 is 0 Å². The summed E-state index contributed by atoms with van der Waals surface area (Å²) in [5.74, 6) is -2.67. The number of carbonyl (C=O) groups is 4. The van der Waals surface area contributed by atoms with Crippen molar-refractivity contribution in [1.29, 1.82) is 0 Å². The number of ether oxygens (including phenoxy) is 2. The van der Waals surface area contributed by atoms with Gasteiger partial charge in [-0.3, -0.25) is 9.59 Å². The molecule has 9 nitrogen and oxygen atoms in total. The average Bonchev–Trinajstić information content (AvgIpc) is 2.83. The summed E-state index contributed by atoms with van der Waals surface area (Å²) in [6.07, 6.45) is 0. The molecule has 2 amide bonds. The van der Waals surface area contributed by atoms with Gasteiger partial charge < -0.3 is 25.4 Å².